The van der Waals surface area contributed by atoms with Crippen LogP contribution in [-0.4, -0.2) is 35.1 Å². The molecule has 1 atom stereocenters. The van der Waals surface area contributed by atoms with Crippen molar-refractivity contribution >= 4 is 51.1 Å². The summed E-state index contributed by atoms with van der Waals surface area (Å²) in [5.41, 5.74) is 1.30. The highest BCUT2D eigenvalue weighted by atomic mass is 79.9. The number of hydrogen-bond donors (Lipinski definition) is 1. The molecule has 0 spiro atoms. The van der Waals surface area contributed by atoms with E-state index in [0.717, 1.165) is 22.9 Å². The summed E-state index contributed by atoms with van der Waals surface area (Å²) >= 11 is 10.8. The van der Waals surface area contributed by atoms with Gasteiger partial charge in [-0.15, -0.1) is 11.8 Å². The minimum absolute atomic E-state index is 0.119. The van der Waals surface area contributed by atoms with E-state index in [-0.39, 0.29) is 29.1 Å². The molecule has 2 amide bonds. The van der Waals surface area contributed by atoms with Crippen LogP contribution in [0.1, 0.15) is 37.8 Å². The van der Waals surface area contributed by atoms with Gasteiger partial charge < -0.3 is 10.2 Å². The molecular weight excluding hydrogens is 503 g/mol. The predicted molar refractivity (Wildman–Crippen MR) is 130 cm³/mol. The molecule has 2 rings (SSSR count). The molecule has 2 aromatic rings. The quantitative estimate of drug-likeness (QED) is 0.374. The second-order valence-corrected chi connectivity index (χ2v) is 9.47. The highest BCUT2D eigenvalue weighted by molar-refractivity contribution is 9.10. The first kappa shape index (κ1) is 25.7. The Labute approximate surface area is 201 Å². The van der Waals surface area contributed by atoms with Crippen LogP contribution in [0.5, 0.6) is 0 Å². The number of thioether (sulfide) groups is 1. The van der Waals surface area contributed by atoms with Gasteiger partial charge in [0.25, 0.3) is 0 Å². The lowest BCUT2D eigenvalue weighted by Crippen LogP contribution is -2.48. The van der Waals surface area contributed by atoms with Crippen LogP contribution >= 0.6 is 39.3 Å². The molecule has 0 aliphatic rings. The maximum atomic E-state index is 14.0. The summed E-state index contributed by atoms with van der Waals surface area (Å²) in [6.07, 6.45) is 1.86. The van der Waals surface area contributed by atoms with Gasteiger partial charge in [-0.25, -0.2) is 4.39 Å². The zero-order chi connectivity index (χ0) is 22.8. The van der Waals surface area contributed by atoms with Gasteiger partial charge in [0.15, 0.2) is 0 Å². The summed E-state index contributed by atoms with van der Waals surface area (Å²) in [6, 6.07) is 11.5. The van der Waals surface area contributed by atoms with Crippen LogP contribution in [0.3, 0.4) is 0 Å². The normalized spacial score (nSPS) is 11.8. The van der Waals surface area contributed by atoms with E-state index in [2.05, 4.69) is 28.2 Å². The molecule has 1 unspecified atom stereocenters. The molecule has 0 saturated carbocycles. The fourth-order valence-corrected chi connectivity index (χ4v) is 4.41. The molecule has 2 aromatic carbocycles. The fourth-order valence-electron chi connectivity index (χ4n) is 2.90. The Morgan fingerprint density at radius 1 is 1.23 bits per heavy atom. The molecular formula is C23H27BrClFN2O2S. The summed E-state index contributed by atoms with van der Waals surface area (Å²) < 4.78 is 14.9. The van der Waals surface area contributed by atoms with Crippen molar-refractivity contribution in [2.75, 3.05) is 12.3 Å². The Balaban J connectivity index is 2.07. The van der Waals surface area contributed by atoms with Crippen LogP contribution in [-0.2, 0) is 21.9 Å². The van der Waals surface area contributed by atoms with Gasteiger partial charge in [0, 0.05) is 33.9 Å². The van der Waals surface area contributed by atoms with Gasteiger partial charge in [0.1, 0.15) is 11.9 Å². The SMILES string of the molecule is CCCCNC(=O)C(C)N(Cc1ccc(Br)cc1)C(=O)CSCc1c(F)cccc1Cl. The van der Waals surface area contributed by atoms with Crippen molar-refractivity contribution in [3.63, 3.8) is 0 Å². The van der Waals surface area contributed by atoms with Gasteiger partial charge in [-0.3, -0.25) is 9.59 Å². The van der Waals surface area contributed by atoms with Gasteiger partial charge in [-0.05, 0) is 43.2 Å². The van der Waals surface area contributed by atoms with E-state index in [9.17, 15) is 14.0 Å². The van der Waals surface area contributed by atoms with E-state index in [4.69, 9.17) is 11.6 Å². The van der Waals surface area contributed by atoms with Crippen molar-refractivity contribution in [2.24, 2.45) is 0 Å². The Hall–Kier alpha value is -1.57. The molecule has 0 aliphatic heterocycles. The third-order valence-electron chi connectivity index (χ3n) is 4.80. The van der Waals surface area contributed by atoms with Crippen molar-refractivity contribution in [2.45, 2.75) is 45.0 Å². The molecule has 4 nitrogen and oxygen atoms in total. The number of hydrogen-bond acceptors (Lipinski definition) is 3. The molecule has 0 heterocycles. The van der Waals surface area contributed by atoms with Gasteiger partial charge in [0.05, 0.1) is 5.75 Å². The van der Waals surface area contributed by atoms with Crippen molar-refractivity contribution in [3.8, 4) is 0 Å². The van der Waals surface area contributed by atoms with Gasteiger partial charge in [-0.1, -0.05) is 59.1 Å². The van der Waals surface area contributed by atoms with Crippen LogP contribution in [0.4, 0.5) is 4.39 Å². The number of nitrogens with zero attached hydrogens (tertiary/aromatic N) is 1. The molecule has 31 heavy (non-hydrogen) atoms. The van der Waals surface area contributed by atoms with Crippen LogP contribution in [0.15, 0.2) is 46.9 Å². The Bertz CT molecular complexity index is 862. The van der Waals surface area contributed by atoms with Gasteiger partial charge >= 0.3 is 0 Å². The second-order valence-electron chi connectivity index (χ2n) is 7.16. The average molecular weight is 530 g/mol. The number of carbonyl (C=O) groups is 2. The van der Waals surface area contributed by atoms with Crippen molar-refractivity contribution in [3.05, 3.63) is 68.9 Å². The summed E-state index contributed by atoms with van der Waals surface area (Å²) in [6.45, 7) is 4.68. The van der Waals surface area contributed by atoms with E-state index in [1.165, 1.54) is 17.8 Å². The monoisotopic (exact) mass is 528 g/mol. The maximum absolute atomic E-state index is 14.0. The highest BCUT2D eigenvalue weighted by Crippen LogP contribution is 2.24. The molecule has 0 fully saturated rings. The Kier molecular flexibility index (Phi) is 10.8. The van der Waals surface area contributed by atoms with E-state index in [0.29, 0.717) is 23.7 Å². The second kappa shape index (κ2) is 13.1. The molecule has 0 aromatic heterocycles. The first-order valence-electron chi connectivity index (χ1n) is 10.2. The lowest BCUT2D eigenvalue weighted by atomic mass is 10.1. The third-order valence-corrected chi connectivity index (χ3v) is 6.62. The lowest BCUT2D eigenvalue weighted by molar-refractivity contribution is -0.138. The topological polar surface area (TPSA) is 49.4 Å². The average Bonchev–Trinajstić information content (AvgIpc) is 2.75. The molecule has 0 saturated heterocycles. The summed E-state index contributed by atoms with van der Waals surface area (Å²) in [7, 11) is 0. The van der Waals surface area contributed by atoms with Crippen LogP contribution in [0.25, 0.3) is 0 Å². The van der Waals surface area contributed by atoms with E-state index in [1.54, 1.807) is 24.0 Å². The van der Waals surface area contributed by atoms with Crippen LogP contribution in [0, 0.1) is 5.82 Å². The number of rotatable bonds is 11. The number of unbranched alkanes of at least 4 members (excludes halogenated alkanes) is 1. The fraction of sp³-hybridized carbons (Fsp3) is 0.391. The zero-order valence-electron chi connectivity index (χ0n) is 17.7. The molecule has 8 heteroatoms. The Morgan fingerprint density at radius 2 is 1.94 bits per heavy atom. The number of carbonyl (C=O) groups excluding carboxylic acids is 2. The van der Waals surface area contributed by atoms with Crippen LogP contribution in [0.2, 0.25) is 5.02 Å². The van der Waals surface area contributed by atoms with E-state index in [1.807, 2.05) is 24.3 Å². The van der Waals surface area contributed by atoms with Crippen molar-refractivity contribution in [1.29, 1.82) is 0 Å². The number of amides is 2. The molecule has 168 valence electrons. The van der Waals surface area contributed by atoms with Crippen LogP contribution < -0.4 is 5.32 Å². The lowest BCUT2D eigenvalue weighted by Gasteiger charge is -2.29. The number of halogens is 3. The van der Waals surface area contributed by atoms with E-state index >= 15 is 0 Å². The van der Waals surface area contributed by atoms with Gasteiger partial charge in [0.2, 0.25) is 11.8 Å². The summed E-state index contributed by atoms with van der Waals surface area (Å²) in [4.78, 5) is 27.2. The number of benzene rings is 2. The standard InChI is InChI=1S/C23H27BrClFN2O2S/c1-3-4-12-27-23(30)16(2)28(13-17-8-10-18(24)11-9-17)22(29)15-31-14-19-20(25)6-5-7-21(19)26/h5-11,16H,3-4,12-15H2,1-2H3,(H,27,30). The Morgan fingerprint density at radius 3 is 2.58 bits per heavy atom. The third kappa shape index (κ3) is 8.13. The molecule has 1 N–H and O–H groups in total. The van der Waals surface area contributed by atoms with Gasteiger partial charge in [-0.2, -0.15) is 0 Å². The highest BCUT2D eigenvalue weighted by Gasteiger charge is 2.26. The molecule has 0 aliphatic carbocycles. The first-order chi connectivity index (χ1) is 14.8. The van der Waals surface area contributed by atoms with Crippen molar-refractivity contribution in [1.82, 2.24) is 10.2 Å². The molecule has 0 radical (unpaired) electrons. The number of nitrogens with one attached hydrogen (secondary N) is 1. The van der Waals surface area contributed by atoms with Crippen molar-refractivity contribution < 1.29 is 14.0 Å². The predicted octanol–water partition coefficient (Wildman–Crippen LogP) is 5.81. The summed E-state index contributed by atoms with van der Waals surface area (Å²) in [5, 5.41) is 3.24. The largest absolute Gasteiger partial charge is 0.354 e. The smallest absolute Gasteiger partial charge is 0.242 e. The summed E-state index contributed by atoms with van der Waals surface area (Å²) in [5.74, 6) is -0.351. The zero-order valence-corrected chi connectivity index (χ0v) is 20.8. The molecule has 0 bridgehead atoms. The maximum Gasteiger partial charge on any atom is 0.242 e. The first-order valence-corrected chi connectivity index (χ1v) is 12.5. The minimum Gasteiger partial charge on any atom is -0.354 e. The van der Waals surface area contributed by atoms with E-state index < -0.39 is 6.04 Å². The minimum atomic E-state index is -0.620.